The van der Waals surface area contributed by atoms with Crippen molar-refractivity contribution >= 4 is 35.1 Å². The van der Waals surface area contributed by atoms with Gasteiger partial charge in [0.2, 0.25) is 0 Å². The van der Waals surface area contributed by atoms with Crippen LogP contribution in [0.15, 0.2) is 18.2 Å². The van der Waals surface area contributed by atoms with Gasteiger partial charge in [-0.25, -0.2) is 5.43 Å². The first kappa shape index (κ1) is 17.5. The molecule has 3 N–H and O–H groups in total. The van der Waals surface area contributed by atoms with Crippen LogP contribution in [0.1, 0.15) is 29.6 Å². The van der Waals surface area contributed by atoms with E-state index in [0.29, 0.717) is 22.0 Å². The fourth-order valence-electron chi connectivity index (χ4n) is 3.48. The summed E-state index contributed by atoms with van der Waals surface area (Å²) in [5.74, 6) is -0.467. The monoisotopic (exact) mass is 371 g/mol. The molecule has 3 rings (SSSR count). The van der Waals surface area contributed by atoms with Crippen LogP contribution in [0.25, 0.3) is 0 Å². The topological polar surface area (TPSA) is 79.5 Å². The van der Waals surface area contributed by atoms with Crippen molar-refractivity contribution in [3.05, 3.63) is 33.8 Å². The van der Waals surface area contributed by atoms with Crippen LogP contribution in [0, 0.1) is 5.92 Å². The van der Waals surface area contributed by atoms with Crippen LogP contribution in [0.2, 0.25) is 10.0 Å². The molecule has 2 aliphatic rings. The highest BCUT2D eigenvalue weighted by molar-refractivity contribution is 6.35. The van der Waals surface area contributed by atoms with Crippen LogP contribution in [-0.4, -0.2) is 37.1 Å². The summed E-state index contributed by atoms with van der Waals surface area (Å²) in [6.07, 6.45) is 2.38. The number of carbonyl (C=O) groups excluding carboxylic acids is 2. The van der Waals surface area contributed by atoms with Crippen molar-refractivity contribution in [3.63, 3.8) is 0 Å². The number of hydrazine groups is 1. The molecule has 0 aromatic heterocycles. The Kier molecular flexibility index (Phi) is 5.30. The van der Waals surface area contributed by atoms with Crippen molar-refractivity contribution in [2.75, 3.05) is 7.11 Å². The zero-order valence-corrected chi connectivity index (χ0v) is 14.7. The van der Waals surface area contributed by atoms with Gasteiger partial charge in [-0.2, -0.15) is 0 Å². The van der Waals surface area contributed by atoms with Crippen molar-refractivity contribution in [1.29, 1.82) is 0 Å². The van der Waals surface area contributed by atoms with Gasteiger partial charge < -0.3 is 10.1 Å². The number of rotatable bonds is 3. The number of ether oxygens (including phenoxy) is 1. The third-order valence-corrected chi connectivity index (χ3v) is 5.28. The Morgan fingerprint density at radius 2 is 2.04 bits per heavy atom. The number of methoxy groups -OCH3 is 1. The zero-order chi connectivity index (χ0) is 17.3. The summed E-state index contributed by atoms with van der Waals surface area (Å²) in [5, 5.41) is 3.83. The van der Waals surface area contributed by atoms with Gasteiger partial charge in [-0.15, -0.1) is 0 Å². The number of amides is 1. The van der Waals surface area contributed by atoms with E-state index in [0.717, 1.165) is 12.8 Å². The molecule has 1 heterocycles. The predicted molar refractivity (Wildman–Crippen MR) is 90.9 cm³/mol. The van der Waals surface area contributed by atoms with E-state index < -0.39 is 6.04 Å². The predicted octanol–water partition coefficient (Wildman–Crippen LogP) is 1.91. The van der Waals surface area contributed by atoms with Gasteiger partial charge in [0.1, 0.15) is 6.04 Å². The quantitative estimate of drug-likeness (QED) is 0.707. The molecule has 0 spiro atoms. The third-order valence-electron chi connectivity index (χ3n) is 4.72. The smallest absolute Gasteiger partial charge is 0.324 e. The molecular weight excluding hydrogens is 353 g/mol. The molecule has 4 atom stereocenters. The molecule has 1 aliphatic carbocycles. The molecule has 1 aliphatic heterocycles. The summed E-state index contributed by atoms with van der Waals surface area (Å²) in [6.45, 7) is 0. The van der Waals surface area contributed by atoms with Gasteiger partial charge in [0.15, 0.2) is 0 Å². The maximum Gasteiger partial charge on any atom is 0.324 e. The standard InChI is InChI=1S/C16H19Cl2N3O3/c1-24-16(23)14-11-7-9(3-5-13(11)20-21-14)19-15(22)10-6-8(17)2-4-12(10)18/h2,4,6,9,11,13-14,20-21H,3,5,7H2,1H3,(H,19,22). The molecule has 6 nitrogen and oxygen atoms in total. The molecule has 24 heavy (non-hydrogen) atoms. The van der Waals surface area contributed by atoms with Crippen molar-refractivity contribution < 1.29 is 14.3 Å². The first-order valence-corrected chi connectivity index (χ1v) is 8.60. The number of halogens is 2. The molecule has 8 heteroatoms. The molecule has 1 amide bonds. The fourth-order valence-corrected chi connectivity index (χ4v) is 3.86. The molecule has 0 radical (unpaired) electrons. The highest BCUT2D eigenvalue weighted by atomic mass is 35.5. The first-order valence-electron chi connectivity index (χ1n) is 7.84. The molecule has 4 unspecified atom stereocenters. The van der Waals surface area contributed by atoms with E-state index in [2.05, 4.69) is 16.2 Å². The molecular formula is C16H19Cl2N3O3. The Hall–Kier alpha value is -1.34. The second kappa shape index (κ2) is 7.27. The van der Waals surface area contributed by atoms with Crippen LogP contribution in [-0.2, 0) is 9.53 Å². The summed E-state index contributed by atoms with van der Waals surface area (Å²) in [6, 6.07) is 4.59. The largest absolute Gasteiger partial charge is 0.468 e. The number of hydrogen-bond acceptors (Lipinski definition) is 5. The van der Waals surface area contributed by atoms with E-state index in [1.54, 1.807) is 18.2 Å². The number of nitrogens with one attached hydrogen (secondary N) is 3. The Bertz CT molecular complexity index is 655. The van der Waals surface area contributed by atoms with Crippen LogP contribution < -0.4 is 16.2 Å². The number of esters is 1. The van der Waals surface area contributed by atoms with Crippen LogP contribution >= 0.6 is 23.2 Å². The molecule has 130 valence electrons. The number of carbonyl (C=O) groups is 2. The average molecular weight is 372 g/mol. The number of benzene rings is 1. The Morgan fingerprint density at radius 1 is 1.25 bits per heavy atom. The third kappa shape index (κ3) is 3.52. The van der Waals surface area contributed by atoms with E-state index in [9.17, 15) is 9.59 Å². The van der Waals surface area contributed by atoms with Gasteiger partial charge in [-0.1, -0.05) is 23.2 Å². The van der Waals surface area contributed by atoms with Crippen LogP contribution in [0.5, 0.6) is 0 Å². The van der Waals surface area contributed by atoms with Crippen molar-refractivity contribution in [2.45, 2.75) is 37.4 Å². The molecule has 1 saturated carbocycles. The number of fused-ring (bicyclic) bond motifs is 1. The van der Waals surface area contributed by atoms with Gasteiger partial charge in [-0.3, -0.25) is 15.0 Å². The summed E-state index contributed by atoms with van der Waals surface area (Å²) in [5.41, 5.74) is 6.50. The lowest BCUT2D eigenvalue weighted by molar-refractivity contribution is -0.144. The summed E-state index contributed by atoms with van der Waals surface area (Å²) < 4.78 is 4.84. The second-order valence-corrected chi connectivity index (χ2v) is 7.01. The summed E-state index contributed by atoms with van der Waals surface area (Å²) in [4.78, 5) is 24.3. The van der Waals surface area contributed by atoms with Crippen LogP contribution in [0.4, 0.5) is 0 Å². The van der Waals surface area contributed by atoms with E-state index in [1.165, 1.54) is 7.11 Å². The maximum absolute atomic E-state index is 12.5. The van der Waals surface area contributed by atoms with Crippen molar-refractivity contribution in [3.8, 4) is 0 Å². The van der Waals surface area contributed by atoms with Gasteiger partial charge >= 0.3 is 5.97 Å². The lowest BCUT2D eigenvalue weighted by Crippen LogP contribution is -2.46. The minimum atomic E-state index is -0.394. The molecule has 0 bridgehead atoms. The second-order valence-electron chi connectivity index (χ2n) is 6.17. The Balaban J connectivity index is 1.67. The first-order chi connectivity index (χ1) is 11.5. The van der Waals surface area contributed by atoms with E-state index in [4.69, 9.17) is 27.9 Å². The van der Waals surface area contributed by atoms with E-state index >= 15 is 0 Å². The fraction of sp³-hybridized carbons (Fsp3) is 0.500. The summed E-state index contributed by atoms with van der Waals surface area (Å²) >= 11 is 12.0. The Labute approximate surface area is 150 Å². The van der Waals surface area contributed by atoms with Gasteiger partial charge in [0.05, 0.1) is 17.7 Å². The Morgan fingerprint density at radius 3 is 2.79 bits per heavy atom. The van der Waals surface area contributed by atoms with Gasteiger partial charge in [0, 0.05) is 23.0 Å². The van der Waals surface area contributed by atoms with E-state index in [1.807, 2.05) is 0 Å². The SMILES string of the molecule is COC(=O)C1NNC2CCC(NC(=O)c3cc(Cl)ccc3Cl)CC21. The van der Waals surface area contributed by atoms with Crippen molar-refractivity contribution in [2.24, 2.45) is 5.92 Å². The normalized spacial score (nSPS) is 29.0. The van der Waals surface area contributed by atoms with Gasteiger partial charge in [0.25, 0.3) is 5.91 Å². The minimum absolute atomic E-state index is 0.0253. The zero-order valence-electron chi connectivity index (χ0n) is 13.1. The van der Waals surface area contributed by atoms with Crippen molar-refractivity contribution in [1.82, 2.24) is 16.2 Å². The molecule has 2 fully saturated rings. The average Bonchev–Trinajstić information content (AvgIpc) is 2.99. The number of hydrogen-bond donors (Lipinski definition) is 3. The maximum atomic E-state index is 12.5. The lowest BCUT2D eigenvalue weighted by atomic mass is 9.79. The molecule has 1 saturated heterocycles. The summed E-state index contributed by atoms with van der Waals surface area (Å²) in [7, 11) is 1.38. The van der Waals surface area contributed by atoms with E-state index in [-0.39, 0.29) is 29.9 Å². The highest BCUT2D eigenvalue weighted by Gasteiger charge is 2.44. The van der Waals surface area contributed by atoms with Crippen LogP contribution in [0.3, 0.4) is 0 Å². The molecule has 1 aromatic carbocycles. The minimum Gasteiger partial charge on any atom is -0.468 e. The highest BCUT2D eigenvalue weighted by Crippen LogP contribution is 2.31. The lowest BCUT2D eigenvalue weighted by Gasteiger charge is -2.32. The molecule has 1 aromatic rings. The van der Waals surface area contributed by atoms with Gasteiger partial charge in [-0.05, 0) is 37.5 Å².